The summed E-state index contributed by atoms with van der Waals surface area (Å²) in [5, 5.41) is 6.44. The predicted molar refractivity (Wildman–Crippen MR) is 104 cm³/mol. The zero-order valence-electron chi connectivity index (χ0n) is 15.1. The van der Waals surface area contributed by atoms with Crippen LogP contribution in [0.3, 0.4) is 0 Å². The van der Waals surface area contributed by atoms with Crippen molar-refractivity contribution < 1.29 is 14.3 Å². The van der Waals surface area contributed by atoms with Gasteiger partial charge >= 0.3 is 0 Å². The first kappa shape index (κ1) is 19.3. The molecule has 0 aliphatic carbocycles. The molecular weight excluding hydrogens is 370 g/mol. The van der Waals surface area contributed by atoms with Crippen LogP contribution in [0.5, 0.6) is 5.75 Å². The number of ether oxygens (including phenoxy) is 2. The number of amides is 1. The predicted octanol–water partition coefficient (Wildman–Crippen LogP) is 2.13. The van der Waals surface area contributed by atoms with E-state index in [1.165, 1.54) is 13.3 Å². The lowest BCUT2D eigenvalue weighted by Gasteiger charge is -2.26. The monoisotopic (exact) mass is 391 g/mol. The Morgan fingerprint density at radius 1 is 1.30 bits per heavy atom. The second kappa shape index (κ2) is 9.50. The average Bonchev–Trinajstić information content (AvgIpc) is 2.69. The molecule has 1 saturated heterocycles. The van der Waals surface area contributed by atoms with Crippen molar-refractivity contribution in [3.8, 4) is 5.75 Å². The molecule has 3 rings (SSSR count). The fraction of sp³-hybridized carbons (Fsp3) is 0.389. The fourth-order valence-electron chi connectivity index (χ4n) is 2.67. The Bertz CT molecular complexity index is 766. The van der Waals surface area contributed by atoms with Crippen LogP contribution in [0.4, 0.5) is 11.5 Å². The SMILES string of the molecule is COc1ccc(Cl)cc1NC(=O)c1cnc(NCCN2CCOCC2)cn1. The summed E-state index contributed by atoms with van der Waals surface area (Å²) >= 11 is 5.98. The van der Waals surface area contributed by atoms with Crippen LogP contribution in [0.2, 0.25) is 5.02 Å². The van der Waals surface area contributed by atoms with Gasteiger partial charge in [-0.2, -0.15) is 0 Å². The summed E-state index contributed by atoms with van der Waals surface area (Å²) in [6.07, 6.45) is 2.98. The van der Waals surface area contributed by atoms with Crippen molar-refractivity contribution in [2.24, 2.45) is 0 Å². The lowest BCUT2D eigenvalue weighted by Crippen LogP contribution is -2.39. The third kappa shape index (κ3) is 5.53. The van der Waals surface area contributed by atoms with Gasteiger partial charge in [0.15, 0.2) is 0 Å². The molecule has 0 unspecified atom stereocenters. The van der Waals surface area contributed by atoms with Gasteiger partial charge in [0, 0.05) is 31.2 Å². The Labute approximate surface area is 162 Å². The number of halogens is 1. The van der Waals surface area contributed by atoms with Crippen LogP contribution in [-0.4, -0.2) is 67.3 Å². The van der Waals surface area contributed by atoms with Gasteiger partial charge in [-0.1, -0.05) is 11.6 Å². The standard InChI is InChI=1S/C18H22ClN5O3/c1-26-16-3-2-13(19)10-14(16)23-18(25)15-11-22-17(12-21-15)20-4-5-24-6-8-27-9-7-24/h2-3,10-12H,4-9H2,1H3,(H,20,22)(H,23,25). The number of anilines is 2. The summed E-state index contributed by atoms with van der Waals surface area (Å²) in [5.41, 5.74) is 0.681. The maximum absolute atomic E-state index is 12.4. The van der Waals surface area contributed by atoms with E-state index in [0.29, 0.717) is 22.3 Å². The van der Waals surface area contributed by atoms with Crippen LogP contribution in [0.25, 0.3) is 0 Å². The van der Waals surface area contributed by atoms with Gasteiger partial charge in [0.25, 0.3) is 5.91 Å². The number of hydrogen-bond donors (Lipinski definition) is 2. The van der Waals surface area contributed by atoms with Crippen LogP contribution < -0.4 is 15.4 Å². The smallest absolute Gasteiger partial charge is 0.275 e. The molecule has 0 bridgehead atoms. The van der Waals surface area contributed by atoms with E-state index in [1.807, 2.05) is 0 Å². The average molecular weight is 392 g/mol. The van der Waals surface area contributed by atoms with Gasteiger partial charge in [0.2, 0.25) is 0 Å². The highest BCUT2D eigenvalue weighted by atomic mass is 35.5. The molecule has 0 atom stereocenters. The molecule has 0 saturated carbocycles. The van der Waals surface area contributed by atoms with Gasteiger partial charge in [0.1, 0.15) is 17.3 Å². The summed E-state index contributed by atoms with van der Waals surface area (Å²) in [5.74, 6) is 0.755. The van der Waals surface area contributed by atoms with Crippen LogP contribution in [0.15, 0.2) is 30.6 Å². The molecular formula is C18H22ClN5O3. The number of aromatic nitrogens is 2. The highest BCUT2D eigenvalue weighted by Crippen LogP contribution is 2.27. The van der Waals surface area contributed by atoms with Crippen LogP contribution in [0.1, 0.15) is 10.5 Å². The number of hydrogen-bond acceptors (Lipinski definition) is 7. The summed E-state index contributed by atoms with van der Waals surface area (Å²) in [6, 6.07) is 4.99. The van der Waals surface area contributed by atoms with E-state index >= 15 is 0 Å². The number of nitrogens with one attached hydrogen (secondary N) is 2. The number of benzene rings is 1. The number of rotatable bonds is 7. The molecule has 1 amide bonds. The number of nitrogens with zero attached hydrogens (tertiary/aromatic N) is 3. The van der Waals surface area contributed by atoms with Crippen LogP contribution >= 0.6 is 11.6 Å². The van der Waals surface area contributed by atoms with Crippen molar-refractivity contribution in [2.75, 3.05) is 57.1 Å². The third-order valence-electron chi connectivity index (χ3n) is 4.13. The Kier molecular flexibility index (Phi) is 6.80. The normalized spacial score (nSPS) is 14.6. The Hall–Kier alpha value is -2.42. The Balaban J connectivity index is 1.53. The molecule has 0 radical (unpaired) electrons. The zero-order chi connectivity index (χ0) is 19.1. The lowest BCUT2D eigenvalue weighted by atomic mass is 10.2. The molecule has 1 aliphatic heterocycles. The number of morpholine rings is 1. The van der Waals surface area contributed by atoms with Crippen molar-refractivity contribution in [1.82, 2.24) is 14.9 Å². The second-order valence-electron chi connectivity index (χ2n) is 5.97. The van der Waals surface area contributed by atoms with Crippen LogP contribution in [-0.2, 0) is 4.74 Å². The maximum atomic E-state index is 12.4. The summed E-state index contributed by atoms with van der Waals surface area (Å²) in [6.45, 7) is 5.10. The quantitative estimate of drug-likeness (QED) is 0.747. The first-order valence-electron chi connectivity index (χ1n) is 8.66. The van der Waals surface area contributed by atoms with Gasteiger partial charge in [-0.3, -0.25) is 9.69 Å². The maximum Gasteiger partial charge on any atom is 0.275 e. The molecule has 1 aromatic carbocycles. The van der Waals surface area contributed by atoms with Crippen molar-refractivity contribution in [3.63, 3.8) is 0 Å². The summed E-state index contributed by atoms with van der Waals surface area (Å²) in [4.78, 5) is 23.1. The van der Waals surface area contributed by atoms with Crippen molar-refractivity contribution >= 4 is 29.0 Å². The highest BCUT2D eigenvalue weighted by molar-refractivity contribution is 6.31. The van der Waals surface area contributed by atoms with Crippen molar-refractivity contribution in [2.45, 2.75) is 0 Å². The van der Waals surface area contributed by atoms with E-state index in [2.05, 4.69) is 25.5 Å². The molecule has 2 heterocycles. The second-order valence-corrected chi connectivity index (χ2v) is 6.40. The first-order chi connectivity index (χ1) is 13.2. The topological polar surface area (TPSA) is 88.6 Å². The molecule has 144 valence electrons. The van der Waals surface area contributed by atoms with E-state index in [9.17, 15) is 4.79 Å². The molecule has 9 heteroatoms. The number of carbonyl (C=O) groups excluding carboxylic acids is 1. The molecule has 8 nitrogen and oxygen atoms in total. The van der Waals surface area contributed by atoms with E-state index in [1.54, 1.807) is 24.4 Å². The van der Waals surface area contributed by atoms with Gasteiger partial charge < -0.3 is 20.1 Å². The van der Waals surface area contributed by atoms with Crippen molar-refractivity contribution in [3.05, 3.63) is 41.3 Å². The fourth-order valence-corrected chi connectivity index (χ4v) is 2.84. The lowest BCUT2D eigenvalue weighted by molar-refractivity contribution is 0.0398. The highest BCUT2D eigenvalue weighted by Gasteiger charge is 2.13. The largest absolute Gasteiger partial charge is 0.495 e. The van der Waals surface area contributed by atoms with E-state index in [0.717, 1.165) is 39.4 Å². The molecule has 1 aliphatic rings. The minimum atomic E-state index is -0.386. The Morgan fingerprint density at radius 2 is 2.11 bits per heavy atom. The molecule has 27 heavy (non-hydrogen) atoms. The van der Waals surface area contributed by atoms with E-state index in [4.69, 9.17) is 21.1 Å². The molecule has 1 fully saturated rings. The van der Waals surface area contributed by atoms with Gasteiger partial charge in [-0.25, -0.2) is 9.97 Å². The van der Waals surface area contributed by atoms with Gasteiger partial charge in [-0.15, -0.1) is 0 Å². The number of carbonyl (C=O) groups is 1. The zero-order valence-corrected chi connectivity index (χ0v) is 15.8. The Morgan fingerprint density at radius 3 is 2.81 bits per heavy atom. The third-order valence-corrected chi connectivity index (χ3v) is 4.37. The first-order valence-corrected chi connectivity index (χ1v) is 9.04. The number of methoxy groups -OCH3 is 1. The van der Waals surface area contributed by atoms with Crippen LogP contribution in [0, 0.1) is 0 Å². The molecule has 2 aromatic rings. The molecule has 2 N–H and O–H groups in total. The van der Waals surface area contributed by atoms with Gasteiger partial charge in [-0.05, 0) is 18.2 Å². The molecule has 1 aromatic heterocycles. The van der Waals surface area contributed by atoms with E-state index < -0.39 is 0 Å². The summed E-state index contributed by atoms with van der Waals surface area (Å²) in [7, 11) is 1.52. The van der Waals surface area contributed by atoms with E-state index in [-0.39, 0.29) is 11.6 Å². The summed E-state index contributed by atoms with van der Waals surface area (Å²) < 4.78 is 10.5. The minimum Gasteiger partial charge on any atom is -0.495 e. The van der Waals surface area contributed by atoms with Gasteiger partial charge in [0.05, 0.1) is 38.4 Å². The minimum absolute atomic E-state index is 0.204. The van der Waals surface area contributed by atoms with Crippen molar-refractivity contribution in [1.29, 1.82) is 0 Å². The molecule has 0 spiro atoms.